The normalized spacial score (nSPS) is 23.6. The van der Waals surface area contributed by atoms with E-state index < -0.39 is 15.4 Å². The van der Waals surface area contributed by atoms with Crippen LogP contribution in [0.1, 0.15) is 31.2 Å². The van der Waals surface area contributed by atoms with Crippen molar-refractivity contribution in [3.63, 3.8) is 0 Å². The van der Waals surface area contributed by atoms with Crippen LogP contribution >= 0.6 is 11.6 Å². The van der Waals surface area contributed by atoms with Crippen LogP contribution in [0.25, 0.3) is 0 Å². The van der Waals surface area contributed by atoms with Crippen LogP contribution in [0.5, 0.6) is 0 Å². The third-order valence-electron chi connectivity index (χ3n) is 5.05. The van der Waals surface area contributed by atoms with Crippen LogP contribution in [-0.4, -0.2) is 38.1 Å². The van der Waals surface area contributed by atoms with E-state index in [-0.39, 0.29) is 17.6 Å². The second kappa shape index (κ2) is 6.07. The molecule has 1 unspecified atom stereocenters. The zero-order valence-electron chi connectivity index (χ0n) is 12.9. The largest absolute Gasteiger partial charge is 0.342 e. The number of likely N-dealkylation sites (tertiary alicyclic amines) is 1. The summed E-state index contributed by atoms with van der Waals surface area (Å²) in [4.78, 5) is 14.9. The number of nitrogens with zero attached hydrogens (tertiary/aromatic N) is 1. The molecule has 3 rings (SSSR count). The smallest absolute Gasteiger partial charge is 0.233 e. The minimum Gasteiger partial charge on any atom is -0.342 e. The summed E-state index contributed by atoms with van der Waals surface area (Å²) in [6.07, 6.45) is 3.40. The van der Waals surface area contributed by atoms with Crippen LogP contribution in [0.3, 0.4) is 0 Å². The first-order valence-electron chi connectivity index (χ1n) is 7.86. The summed E-state index contributed by atoms with van der Waals surface area (Å²) in [7, 11) is -3.49. The molecule has 2 N–H and O–H groups in total. The molecule has 0 radical (unpaired) electrons. The van der Waals surface area contributed by atoms with Crippen LogP contribution in [0, 0.1) is 5.92 Å². The summed E-state index contributed by atoms with van der Waals surface area (Å²) in [5.41, 5.74) is 0.550. The molecule has 1 aromatic rings. The van der Waals surface area contributed by atoms with E-state index in [2.05, 4.69) is 0 Å². The van der Waals surface area contributed by atoms with Crippen molar-refractivity contribution >= 4 is 27.5 Å². The SMILES string of the molecule is NS(=O)(=O)CC1CCN(C(=O)C2(c3ccc(Cl)cc3)CCC2)C1. The molecule has 1 amide bonds. The van der Waals surface area contributed by atoms with Crippen molar-refractivity contribution in [3.8, 4) is 0 Å². The van der Waals surface area contributed by atoms with E-state index in [1.165, 1.54) is 0 Å². The molecule has 1 heterocycles. The zero-order chi connectivity index (χ0) is 16.7. The molecule has 2 aliphatic rings. The topological polar surface area (TPSA) is 80.5 Å². The molecule has 0 spiro atoms. The van der Waals surface area contributed by atoms with E-state index in [4.69, 9.17) is 16.7 Å². The lowest BCUT2D eigenvalue weighted by Gasteiger charge is -2.43. The minimum absolute atomic E-state index is 0.0509. The molecule has 0 bridgehead atoms. The number of halogens is 1. The Morgan fingerprint density at radius 1 is 1.30 bits per heavy atom. The molecule has 23 heavy (non-hydrogen) atoms. The molecule has 1 saturated carbocycles. The highest BCUT2D eigenvalue weighted by Crippen LogP contribution is 2.46. The maximum Gasteiger partial charge on any atom is 0.233 e. The van der Waals surface area contributed by atoms with Gasteiger partial charge in [0.1, 0.15) is 0 Å². The van der Waals surface area contributed by atoms with Crippen molar-refractivity contribution in [3.05, 3.63) is 34.9 Å². The Hall–Kier alpha value is -1.11. The fourth-order valence-electron chi connectivity index (χ4n) is 3.71. The molecule has 1 aromatic carbocycles. The van der Waals surface area contributed by atoms with Gasteiger partial charge in [-0.3, -0.25) is 4.79 Å². The van der Waals surface area contributed by atoms with Gasteiger partial charge in [-0.15, -0.1) is 0 Å². The number of benzene rings is 1. The van der Waals surface area contributed by atoms with E-state index in [9.17, 15) is 13.2 Å². The molecule has 2 fully saturated rings. The van der Waals surface area contributed by atoms with Gasteiger partial charge in [0.15, 0.2) is 0 Å². The summed E-state index contributed by atoms with van der Waals surface area (Å²) in [5.74, 6) is 0.00403. The molecule has 1 saturated heterocycles. The average Bonchev–Trinajstić information content (AvgIpc) is 2.85. The van der Waals surface area contributed by atoms with Crippen molar-refractivity contribution in [2.45, 2.75) is 31.1 Å². The van der Waals surface area contributed by atoms with Gasteiger partial charge < -0.3 is 4.90 Å². The molecule has 1 aliphatic heterocycles. The molecule has 5 nitrogen and oxygen atoms in total. The summed E-state index contributed by atoms with van der Waals surface area (Å²) in [5, 5.41) is 5.78. The Labute approximate surface area is 141 Å². The first kappa shape index (κ1) is 16.7. The lowest BCUT2D eigenvalue weighted by Crippen LogP contribution is -2.50. The Kier molecular flexibility index (Phi) is 4.42. The number of carbonyl (C=O) groups is 1. The van der Waals surface area contributed by atoms with Crippen molar-refractivity contribution in [2.24, 2.45) is 11.1 Å². The minimum atomic E-state index is -3.49. The van der Waals surface area contributed by atoms with Gasteiger partial charge in [0.2, 0.25) is 15.9 Å². The van der Waals surface area contributed by atoms with Crippen LogP contribution in [0.15, 0.2) is 24.3 Å². The molecule has 7 heteroatoms. The van der Waals surface area contributed by atoms with E-state index in [1.54, 1.807) is 0 Å². The standard InChI is InChI=1S/C16H21ClN2O3S/c17-14-4-2-13(3-5-14)16(7-1-8-16)15(20)19-9-6-12(10-19)11-23(18,21)22/h2-5,12H,1,6-11H2,(H2,18,21,22). The van der Waals surface area contributed by atoms with Crippen molar-refractivity contribution in [1.29, 1.82) is 0 Å². The highest BCUT2D eigenvalue weighted by molar-refractivity contribution is 7.89. The van der Waals surface area contributed by atoms with Gasteiger partial charge in [0.05, 0.1) is 11.2 Å². The summed E-state index contributed by atoms with van der Waals surface area (Å²) < 4.78 is 22.5. The highest BCUT2D eigenvalue weighted by Gasteiger charge is 2.48. The molecule has 126 valence electrons. The summed E-state index contributed by atoms with van der Waals surface area (Å²) in [6, 6.07) is 7.49. The quantitative estimate of drug-likeness (QED) is 0.894. The second-order valence-corrected chi connectivity index (χ2v) is 8.77. The molecular weight excluding hydrogens is 336 g/mol. The lowest BCUT2D eigenvalue weighted by molar-refractivity contribution is -0.140. The van der Waals surface area contributed by atoms with Crippen LogP contribution < -0.4 is 5.14 Å². The average molecular weight is 357 g/mol. The van der Waals surface area contributed by atoms with E-state index in [1.807, 2.05) is 29.2 Å². The fourth-order valence-corrected chi connectivity index (χ4v) is 4.76. The van der Waals surface area contributed by atoms with Crippen LogP contribution in [0.4, 0.5) is 0 Å². The second-order valence-electron chi connectivity index (χ2n) is 6.68. The van der Waals surface area contributed by atoms with Gasteiger partial charge in [-0.05, 0) is 42.9 Å². The zero-order valence-corrected chi connectivity index (χ0v) is 14.4. The number of rotatable bonds is 4. The van der Waals surface area contributed by atoms with Gasteiger partial charge in [-0.2, -0.15) is 0 Å². The van der Waals surface area contributed by atoms with Crippen LogP contribution in [-0.2, 0) is 20.2 Å². The summed E-state index contributed by atoms with van der Waals surface area (Å²) >= 11 is 5.95. The Bertz CT molecular complexity index is 699. The van der Waals surface area contributed by atoms with E-state index >= 15 is 0 Å². The first-order chi connectivity index (χ1) is 10.8. The molecule has 0 aromatic heterocycles. The van der Waals surface area contributed by atoms with Gasteiger partial charge in [0.25, 0.3) is 0 Å². The Morgan fingerprint density at radius 2 is 1.96 bits per heavy atom. The van der Waals surface area contributed by atoms with Gasteiger partial charge >= 0.3 is 0 Å². The summed E-state index contributed by atoms with van der Waals surface area (Å²) in [6.45, 7) is 1.08. The van der Waals surface area contributed by atoms with Gasteiger partial charge in [0, 0.05) is 18.1 Å². The predicted octanol–water partition coefficient (Wildman–Crippen LogP) is 1.90. The van der Waals surface area contributed by atoms with Crippen molar-refractivity contribution in [2.75, 3.05) is 18.8 Å². The van der Waals surface area contributed by atoms with E-state index in [0.29, 0.717) is 24.5 Å². The predicted molar refractivity (Wildman–Crippen MR) is 89.6 cm³/mol. The number of hydrogen-bond acceptors (Lipinski definition) is 3. The number of sulfonamides is 1. The van der Waals surface area contributed by atoms with Crippen molar-refractivity contribution < 1.29 is 13.2 Å². The molecule has 1 aliphatic carbocycles. The maximum atomic E-state index is 13.1. The Morgan fingerprint density at radius 3 is 2.48 bits per heavy atom. The van der Waals surface area contributed by atoms with Gasteiger partial charge in [-0.25, -0.2) is 13.6 Å². The number of amides is 1. The number of hydrogen-bond donors (Lipinski definition) is 1. The monoisotopic (exact) mass is 356 g/mol. The van der Waals surface area contributed by atoms with Gasteiger partial charge in [-0.1, -0.05) is 30.2 Å². The lowest BCUT2D eigenvalue weighted by atomic mass is 9.63. The molecular formula is C16H21ClN2O3S. The number of primary sulfonamides is 1. The number of carbonyl (C=O) groups excluding carboxylic acids is 1. The Balaban J connectivity index is 1.75. The number of nitrogens with two attached hydrogens (primary N) is 1. The first-order valence-corrected chi connectivity index (χ1v) is 9.95. The van der Waals surface area contributed by atoms with E-state index in [0.717, 1.165) is 24.8 Å². The maximum absolute atomic E-state index is 13.1. The van der Waals surface area contributed by atoms with Crippen LogP contribution in [0.2, 0.25) is 5.02 Å². The third kappa shape index (κ3) is 3.39. The third-order valence-corrected chi connectivity index (χ3v) is 6.24. The fraction of sp³-hybridized carbons (Fsp3) is 0.562. The van der Waals surface area contributed by atoms with Crippen molar-refractivity contribution in [1.82, 2.24) is 4.90 Å². The molecule has 1 atom stereocenters. The highest BCUT2D eigenvalue weighted by atomic mass is 35.5.